The predicted octanol–water partition coefficient (Wildman–Crippen LogP) is 2.38. The zero-order chi connectivity index (χ0) is 11.8. The highest BCUT2D eigenvalue weighted by Gasteiger charge is 2.12. The molecule has 0 saturated heterocycles. The smallest absolute Gasteiger partial charge is 0.352 e. The highest BCUT2D eigenvalue weighted by molar-refractivity contribution is 7.21. The molecule has 3 heterocycles. The van der Waals surface area contributed by atoms with Crippen LogP contribution in [-0.4, -0.2) is 26.0 Å². The van der Waals surface area contributed by atoms with Crippen LogP contribution < -0.4 is 0 Å². The lowest BCUT2D eigenvalue weighted by molar-refractivity contribution is 0.0691. The Labute approximate surface area is 99.8 Å². The monoisotopic (exact) mass is 245 g/mol. The molecular weight excluding hydrogens is 238 g/mol. The number of fused-ring (bicyclic) bond motifs is 1. The van der Waals surface area contributed by atoms with E-state index in [0.29, 0.717) is 5.65 Å². The number of carboxylic acid groups (broad SMARTS) is 1. The number of aromatic nitrogens is 3. The molecule has 0 atom stereocenters. The van der Waals surface area contributed by atoms with Gasteiger partial charge in [-0.3, -0.25) is 4.98 Å². The minimum absolute atomic E-state index is 0.167. The van der Waals surface area contributed by atoms with Crippen molar-refractivity contribution in [2.24, 2.45) is 0 Å². The van der Waals surface area contributed by atoms with E-state index in [1.807, 2.05) is 12.1 Å². The normalized spacial score (nSPS) is 10.8. The number of aromatic carboxylic acids is 1. The van der Waals surface area contributed by atoms with Crippen LogP contribution in [0.3, 0.4) is 0 Å². The number of nitrogens with one attached hydrogen (secondary N) is 1. The molecule has 84 valence electrons. The van der Waals surface area contributed by atoms with Gasteiger partial charge in [-0.05, 0) is 18.2 Å². The minimum Gasteiger partial charge on any atom is -0.477 e. The molecule has 0 amide bonds. The topological polar surface area (TPSA) is 78.9 Å². The van der Waals surface area contributed by atoms with Gasteiger partial charge in [0.15, 0.2) is 0 Å². The molecule has 0 aliphatic heterocycles. The molecule has 3 rings (SSSR count). The van der Waals surface area contributed by atoms with Gasteiger partial charge >= 0.3 is 5.97 Å². The van der Waals surface area contributed by atoms with Gasteiger partial charge in [0.2, 0.25) is 0 Å². The fourth-order valence-corrected chi connectivity index (χ4v) is 2.52. The Balaban J connectivity index is 2.10. The molecule has 17 heavy (non-hydrogen) atoms. The molecule has 0 fully saturated rings. The molecule has 0 aliphatic rings. The fraction of sp³-hybridized carbons (Fsp3) is 0. The van der Waals surface area contributed by atoms with E-state index in [9.17, 15) is 4.79 Å². The Morgan fingerprint density at radius 3 is 2.76 bits per heavy atom. The van der Waals surface area contributed by atoms with E-state index >= 15 is 0 Å². The number of hydrogen-bond acceptors (Lipinski definition) is 4. The van der Waals surface area contributed by atoms with E-state index < -0.39 is 5.97 Å². The SMILES string of the molecule is O=C(O)c1cc2sc(-c3ccncc3)nc2[nH]1. The van der Waals surface area contributed by atoms with E-state index in [0.717, 1.165) is 15.3 Å². The molecule has 3 aromatic rings. The van der Waals surface area contributed by atoms with Crippen LogP contribution in [0.1, 0.15) is 10.5 Å². The average molecular weight is 245 g/mol. The second kappa shape index (κ2) is 3.67. The quantitative estimate of drug-likeness (QED) is 0.726. The summed E-state index contributed by atoms with van der Waals surface area (Å²) in [5, 5.41) is 9.68. The summed E-state index contributed by atoms with van der Waals surface area (Å²) in [5.74, 6) is -0.972. The Morgan fingerprint density at radius 2 is 2.12 bits per heavy atom. The van der Waals surface area contributed by atoms with E-state index in [2.05, 4.69) is 15.0 Å². The van der Waals surface area contributed by atoms with Crippen LogP contribution in [0, 0.1) is 0 Å². The molecule has 0 radical (unpaired) electrons. The first-order valence-corrected chi connectivity index (χ1v) is 5.69. The summed E-state index contributed by atoms with van der Waals surface area (Å²) in [7, 11) is 0. The van der Waals surface area contributed by atoms with Crippen LogP contribution in [0.2, 0.25) is 0 Å². The lowest BCUT2D eigenvalue weighted by Crippen LogP contribution is -1.95. The summed E-state index contributed by atoms with van der Waals surface area (Å²) in [6.45, 7) is 0. The van der Waals surface area contributed by atoms with Crippen molar-refractivity contribution in [3.05, 3.63) is 36.3 Å². The van der Waals surface area contributed by atoms with Crippen LogP contribution in [0.5, 0.6) is 0 Å². The molecule has 0 unspecified atom stereocenters. The summed E-state index contributed by atoms with van der Waals surface area (Å²) < 4.78 is 0.842. The van der Waals surface area contributed by atoms with E-state index in [1.165, 1.54) is 11.3 Å². The highest BCUT2D eigenvalue weighted by atomic mass is 32.1. The molecule has 2 N–H and O–H groups in total. The Kier molecular flexibility index (Phi) is 2.15. The van der Waals surface area contributed by atoms with Gasteiger partial charge in [-0.1, -0.05) is 0 Å². The summed E-state index contributed by atoms with van der Waals surface area (Å²) in [6, 6.07) is 5.34. The Bertz CT molecular complexity index is 656. The molecule has 0 aromatic carbocycles. The van der Waals surface area contributed by atoms with Gasteiger partial charge in [0.05, 0.1) is 4.70 Å². The van der Waals surface area contributed by atoms with Gasteiger partial charge in [-0.2, -0.15) is 0 Å². The predicted molar refractivity (Wildman–Crippen MR) is 64.2 cm³/mol. The van der Waals surface area contributed by atoms with E-state index in [1.54, 1.807) is 18.5 Å². The zero-order valence-corrected chi connectivity index (χ0v) is 9.36. The molecule has 0 saturated carbocycles. The molecule has 5 nitrogen and oxygen atoms in total. The highest BCUT2D eigenvalue weighted by Crippen LogP contribution is 2.29. The molecule has 0 bridgehead atoms. The second-order valence-electron chi connectivity index (χ2n) is 3.46. The number of rotatable bonds is 2. The molecule has 0 spiro atoms. The van der Waals surface area contributed by atoms with Gasteiger partial charge in [-0.15, -0.1) is 11.3 Å². The van der Waals surface area contributed by atoms with Crippen molar-refractivity contribution in [1.29, 1.82) is 0 Å². The average Bonchev–Trinajstić information content (AvgIpc) is 2.87. The number of H-pyrrole nitrogens is 1. The van der Waals surface area contributed by atoms with Crippen molar-refractivity contribution >= 4 is 27.7 Å². The van der Waals surface area contributed by atoms with Gasteiger partial charge in [0.1, 0.15) is 16.3 Å². The van der Waals surface area contributed by atoms with Gasteiger partial charge in [0, 0.05) is 18.0 Å². The van der Waals surface area contributed by atoms with Crippen molar-refractivity contribution in [2.45, 2.75) is 0 Å². The van der Waals surface area contributed by atoms with Crippen molar-refractivity contribution < 1.29 is 9.90 Å². The van der Waals surface area contributed by atoms with Gasteiger partial charge < -0.3 is 10.1 Å². The Morgan fingerprint density at radius 1 is 1.35 bits per heavy atom. The minimum atomic E-state index is -0.972. The lowest BCUT2D eigenvalue weighted by atomic mass is 10.3. The standard InChI is InChI=1S/C11H7N3O2S/c15-11(16)7-5-8-9(13-7)14-10(17-8)6-1-3-12-4-2-6/h1-5,13H,(H,15,16). The van der Waals surface area contributed by atoms with Crippen molar-refractivity contribution in [1.82, 2.24) is 15.0 Å². The van der Waals surface area contributed by atoms with Crippen LogP contribution in [0.15, 0.2) is 30.6 Å². The van der Waals surface area contributed by atoms with Gasteiger partial charge in [0.25, 0.3) is 0 Å². The first-order valence-electron chi connectivity index (χ1n) is 4.87. The third kappa shape index (κ3) is 1.68. The summed E-state index contributed by atoms with van der Waals surface area (Å²) >= 11 is 1.46. The van der Waals surface area contributed by atoms with E-state index in [-0.39, 0.29) is 5.69 Å². The fourth-order valence-electron chi connectivity index (χ4n) is 1.55. The summed E-state index contributed by atoms with van der Waals surface area (Å²) in [6.07, 6.45) is 3.40. The number of nitrogens with zero attached hydrogens (tertiary/aromatic N) is 2. The molecule has 3 aromatic heterocycles. The third-order valence-corrected chi connectivity index (χ3v) is 3.39. The van der Waals surface area contributed by atoms with Crippen LogP contribution in [0.25, 0.3) is 20.9 Å². The lowest BCUT2D eigenvalue weighted by Gasteiger charge is -1.92. The number of aromatic amines is 1. The maximum absolute atomic E-state index is 10.8. The number of carbonyl (C=O) groups is 1. The number of carboxylic acids is 1. The maximum Gasteiger partial charge on any atom is 0.352 e. The number of pyridine rings is 1. The summed E-state index contributed by atoms with van der Waals surface area (Å²) in [4.78, 5) is 21.8. The third-order valence-electron chi connectivity index (χ3n) is 2.34. The van der Waals surface area contributed by atoms with Crippen LogP contribution in [0.4, 0.5) is 0 Å². The van der Waals surface area contributed by atoms with E-state index in [4.69, 9.17) is 5.11 Å². The Hall–Kier alpha value is -2.21. The largest absolute Gasteiger partial charge is 0.477 e. The second-order valence-corrected chi connectivity index (χ2v) is 4.49. The summed E-state index contributed by atoms with van der Waals surface area (Å²) in [5.41, 5.74) is 1.76. The molecule has 0 aliphatic carbocycles. The van der Waals surface area contributed by atoms with Crippen molar-refractivity contribution in [3.8, 4) is 10.6 Å². The van der Waals surface area contributed by atoms with Crippen molar-refractivity contribution in [3.63, 3.8) is 0 Å². The number of thiazole rings is 1. The maximum atomic E-state index is 10.8. The van der Waals surface area contributed by atoms with Crippen LogP contribution >= 0.6 is 11.3 Å². The molecular formula is C11H7N3O2S. The zero-order valence-electron chi connectivity index (χ0n) is 8.54. The first kappa shape index (κ1) is 9.98. The van der Waals surface area contributed by atoms with Gasteiger partial charge in [-0.25, -0.2) is 9.78 Å². The first-order chi connectivity index (χ1) is 8.24. The van der Waals surface area contributed by atoms with Crippen molar-refractivity contribution in [2.75, 3.05) is 0 Å². The molecule has 6 heteroatoms. The van der Waals surface area contributed by atoms with Crippen LogP contribution in [-0.2, 0) is 0 Å². The number of hydrogen-bond donors (Lipinski definition) is 2.